The van der Waals surface area contributed by atoms with Gasteiger partial charge in [0.2, 0.25) is 0 Å². The highest BCUT2D eigenvalue weighted by molar-refractivity contribution is 8.01. The van der Waals surface area contributed by atoms with E-state index in [0.717, 1.165) is 22.2 Å². The van der Waals surface area contributed by atoms with Gasteiger partial charge in [-0.05, 0) is 50.5 Å². The Kier molecular flexibility index (Phi) is 5.05. The van der Waals surface area contributed by atoms with E-state index in [9.17, 15) is 8.42 Å². The topological polar surface area (TPSA) is 64.8 Å². The van der Waals surface area contributed by atoms with Gasteiger partial charge in [-0.2, -0.15) is 0 Å². The van der Waals surface area contributed by atoms with Crippen molar-refractivity contribution >= 4 is 21.6 Å². The molecule has 0 bridgehead atoms. The molecule has 146 valence electrons. The number of rotatable bonds is 4. The summed E-state index contributed by atoms with van der Waals surface area (Å²) in [6, 6.07) is 14.5. The molecule has 5 nitrogen and oxygen atoms in total. The second kappa shape index (κ2) is 7.37. The van der Waals surface area contributed by atoms with Gasteiger partial charge in [-0.3, -0.25) is 4.57 Å². The highest BCUT2D eigenvalue weighted by atomic mass is 32.2. The molecule has 0 amide bonds. The Balaban J connectivity index is 1.80. The Bertz CT molecular complexity index is 1120. The lowest BCUT2D eigenvalue weighted by Gasteiger charge is -2.14. The third kappa shape index (κ3) is 3.86. The predicted molar refractivity (Wildman–Crippen MR) is 114 cm³/mol. The number of aryl methyl sites for hydroxylation is 3. The number of thioether (sulfide) groups is 1. The molecule has 1 saturated heterocycles. The summed E-state index contributed by atoms with van der Waals surface area (Å²) < 4.78 is 25.8. The van der Waals surface area contributed by atoms with E-state index in [1.54, 1.807) is 0 Å². The lowest BCUT2D eigenvalue weighted by Crippen LogP contribution is -2.08. The lowest BCUT2D eigenvalue weighted by atomic mass is 10.1. The number of hydrogen-bond acceptors (Lipinski definition) is 5. The van der Waals surface area contributed by atoms with Crippen molar-refractivity contribution in [2.45, 2.75) is 37.6 Å². The molecule has 0 saturated carbocycles. The highest BCUT2D eigenvalue weighted by Crippen LogP contribution is 2.34. The van der Waals surface area contributed by atoms with Crippen molar-refractivity contribution in [1.82, 2.24) is 14.8 Å². The number of benzene rings is 2. The van der Waals surface area contributed by atoms with Crippen molar-refractivity contribution in [3.8, 4) is 17.1 Å². The minimum Gasteiger partial charge on any atom is -0.270 e. The Hall–Kier alpha value is -2.12. The molecule has 1 unspecified atom stereocenters. The van der Waals surface area contributed by atoms with Gasteiger partial charge in [0.15, 0.2) is 20.8 Å². The molecule has 1 atom stereocenters. The molecule has 28 heavy (non-hydrogen) atoms. The summed E-state index contributed by atoms with van der Waals surface area (Å²) in [5, 5.41) is 9.66. The first-order valence-corrected chi connectivity index (χ1v) is 12.0. The van der Waals surface area contributed by atoms with E-state index in [-0.39, 0.29) is 16.8 Å². The average Bonchev–Trinajstić information content (AvgIpc) is 3.21. The van der Waals surface area contributed by atoms with E-state index in [4.69, 9.17) is 0 Å². The smallest absolute Gasteiger partial charge is 0.196 e. The minimum absolute atomic E-state index is 0.0189. The van der Waals surface area contributed by atoms with Crippen molar-refractivity contribution in [1.29, 1.82) is 0 Å². The third-order valence-electron chi connectivity index (χ3n) is 5.15. The van der Waals surface area contributed by atoms with Gasteiger partial charge < -0.3 is 0 Å². The van der Waals surface area contributed by atoms with Gasteiger partial charge in [0.1, 0.15) is 0 Å². The Morgan fingerprint density at radius 3 is 2.39 bits per heavy atom. The average molecular weight is 414 g/mol. The maximum absolute atomic E-state index is 11.9. The second-order valence-corrected chi connectivity index (χ2v) is 10.9. The summed E-state index contributed by atoms with van der Waals surface area (Å²) >= 11 is 1.51. The zero-order valence-corrected chi connectivity index (χ0v) is 17.8. The van der Waals surface area contributed by atoms with Crippen LogP contribution < -0.4 is 0 Å². The maximum Gasteiger partial charge on any atom is 0.196 e. The van der Waals surface area contributed by atoms with E-state index < -0.39 is 9.84 Å². The first kappa shape index (κ1) is 19.2. The molecule has 1 aromatic heterocycles. The minimum atomic E-state index is -2.93. The molecule has 0 radical (unpaired) electrons. The van der Waals surface area contributed by atoms with Crippen LogP contribution in [-0.4, -0.2) is 39.9 Å². The zero-order valence-electron chi connectivity index (χ0n) is 16.2. The van der Waals surface area contributed by atoms with Gasteiger partial charge in [0.25, 0.3) is 0 Å². The standard InChI is InChI=1S/C21H23N3O2S2/c1-14-4-7-17(8-5-14)20-22-23-21(27-19-10-11-28(25,26)13-19)24(20)18-9-6-15(2)16(3)12-18/h4-9,12,19H,10-11,13H2,1-3H3. The fraction of sp³-hybridized carbons (Fsp3) is 0.333. The van der Waals surface area contributed by atoms with Gasteiger partial charge in [-0.25, -0.2) is 8.42 Å². The van der Waals surface area contributed by atoms with Crippen molar-refractivity contribution in [2.24, 2.45) is 0 Å². The molecule has 0 spiro atoms. The van der Waals surface area contributed by atoms with Crippen molar-refractivity contribution in [3.63, 3.8) is 0 Å². The molecule has 0 N–H and O–H groups in total. The van der Waals surface area contributed by atoms with Crippen LogP contribution >= 0.6 is 11.8 Å². The molecule has 1 fully saturated rings. The normalized spacial score (nSPS) is 18.5. The first-order chi connectivity index (χ1) is 13.3. The molecule has 3 aromatic rings. The van der Waals surface area contributed by atoms with Gasteiger partial charge >= 0.3 is 0 Å². The van der Waals surface area contributed by atoms with Crippen molar-refractivity contribution in [3.05, 3.63) is 59.2 Å². The summed E-state index contributed by atoms with van der Waals surface area (Å²) in [5.41, 5.74) is 5.59. The first-order valence-electron chi connectivity index (χ1n) is 9.29. The molecule has 2 heterocycles. The number of aromatic nitrogens is 3. The van der Waals surface area contributed by atoms with Crippen molar-refractivity contribution in [2.75, 3.05) is 11.5 Å². The van der Waals surface area contributed by atoms with Crippen LogP contribution in [0.4, 0.5) is 0 Å². The molecule has 4 rings (SSSR count). The quantitative estimate of drug-likeness (QED) is 0.643. The van der Waals surface area contributed by atoms with E-state index >= 15 is 0 Å². The fourth-order valence-corrected chi connectivity index (χ4v) is 6.84. The molecule has 0 aliphatic carbocycles. The molecule has 7 heteroatoms. The van der Waals surface area contributed by atoms with Gasteiger partial charge in [0.05, 0.1) is 17.2 Å². The van der Waals surface area contributed by atoms with Crippen LogP contribution in [0.3, 0.4) is 0 Å². The van der Waals surface area contributed by atoms with E-state index in [1.165, 1.54) is 28.5 Å². The third-order valence-corrected chi connectivity index (χ3v) is 8.34. The molecule has 1 aliphatic rings. The Morgan fingerprint density at radius 2 is 1.75 bits per heavy atom. The molecular formula is C21H23N3O2S2. The van der Waals surface area contributed by atoms with Crippen LogP contribution in [0.15, 0.2) is 47.6 Å². The molecule has 2 aromatic carbocycles. The highest BCUT2D eigenvalue weighted by Gasteiger charge is 2.30. The van der Waals surface area contributed by atoms with Gasteiger partial charge in [0, 0.05) is 10.8 Å². The van der Waals surface area contributed by atoms with Crippen LogP contribution in [0.5, 0.6) is 0 Å². The number of hydrogen-bond donors (Lipinski definition) is 0. The maximum atomic E-state index is 11.9. The van der Waals surface area contributed by atoms with Gasteiger partial charge in [-0.15, -0.1) is 10.2 Å². The zero-order chi connectivity index (χ0) is 19.9. The second-order valence-electron chi connectivity index (χ2n) is 7.42. The number of sulfone groups is 1. The fourth-order valence-electron chi connectivity index (χ4n) is 3.34. The summed E-state index contributed by atoms with van der Waals surface area (Å²) in [6.45, 7) is 6.23. The summed E-state index contributed by atoms with van der Waals surface area (Å²) in [4.78, 5) is 0. The Morgan fingerprint density at radius 1 is 1.00 bits per heavy atom. The van der Waals surface area contributed by atoms with Crippen LogP contribution in [0.25, 0.3) is 17.1 Å². The van der Waals surface area contributed by atoms with Crippen LogP contribution in [-0.2, 0) is 9.84 Å². The van der Waals surface area contributed by atoms with E-state index in [0.29, 0.717) is 6.42 Å². The molecule has 1 aliphatic heterocycles. The monoisotopic (exact) mass is 413 g/mol. The van der Waals surface area contributed by atoms with Crippen LogP contribution in [0.1, 0.15) is 23.1 Å². The van der Waals surface area contributed by atoms with E-state index in [1.807, 2.05) is 16.7 Å². The van der Waals surface area contributed by atoms with Crippen LogP contribution in [0, 0.1) is 20.8 Å². The predicted octanol–water partition coefficient (Wildman–Crippen LogP) is 4.14. The largest absolute Gasteiger partial charge is 0.270 e. The number of nitrogens with zero attached hydrogens (tertiary/aromatic N) is 3. The van der Waals surface area contributed by atoms with Crippen molar-refractivity contribution < 1.29 is 8.42 Å². The Labute approximate surface area is 170 Å². The SMILES string of the molecule is Cc1ccc(-c2nnc(SC3CCS(=O)(=O)C3)n2-c2ccc(C)c(C)c2)cc1. The summed E-state index contributed by atoms with van der Waals surface area (Å²) in [7, 11) is -2.93. The summed E-state index contributed by atoms with van der Waals surface area (Å²) in [6.07, 6.45) is 0.659. The summed E-state index contributed by atoms with van der Waals surface area (Å²) in [5.74, 6) is 1.23. The van der Waals surface area contributed by atoms with Gasteiger partial charge in [-0.1, -0.05) is 47.7 Å². The van der Waals surface area contributed by atoms with Crippen LogP contribution in [0.2, 0.25) is 0 Å². The molecular weight excluding hydrogens is 390 g/mol. The lowest BCUT2D eigenvalue weighted by molar-refractivity contribution is 0.602. The van der Waals surface area contributed by atoms with E-state index in [2.05, 4.69) is 61.3 Å².